The van der Waals surface area contributed by atoms with Crippen LogP contribution >= 0.6 is 11.8 Å². The molecular formula is C18H22N2OS. The third-order valence-corrected chi connectivity index (χ3v) is 4.61. The van der Waals surface area contributed by atoms with E-state index in [1.165, 1.54) is 11.1 Å². The van der Waals surface area contributed by atoms with Gasteiger partial charge in [0.05, 0.1) is 5.75 Å². The fourth-order valence-corrected chi connectivity index (χ4v) is 3.05. The van der Waals surface area contributed by atoms with Crippen molar-refractivity contribution in [1.29, 1.82) is 0 Å². The Bertz CT molecular complexity index is 628. The van der Waals surface area contributed by atoms with Crippen molar-refractivity contribution in [2.75, 3.05) is 12.3 Å². The largest absolute Gasteiger partial charge is 0.353 e. The van der Waals surface area contributed by atoms with Gasteiger partial charge in [-0.1, -0.05) is 48.0 Å². The van der Waals surface area contributed by atoms with Crippen molar-refractivity contribution in [1.82, 2.24) is 5.32 Å². The van der Waals surface area contributed by atoms with E-state index >= 15 is 0 Å². The predicted molar refractivity (Wildman–Crippen MR) is 93.0 cm³/mol. The number of rotatable bonds is 6. The van der Waals surface area contributed by atoms with Gasteiger partial charge in [-0.2, -0.15) is 0 Å². The van der Waals surface area contributed by atoms with Gasteiger partial charge in [0.25, 0.3) is 0 Å². The van der Waals surface area contributed by atoms with Crippen molar-refractivity contribution in [3.63, 3.8) is 0 Å². The lowest BCUT2D eigenvalue weighted by Gasteiger charge is -2.13. The molecule has 0 bridgehead atoms. The summed E-state index contributed by atoms with van der Waals surface area (Å²) in [5.41, 5.74) is 9.51. The van der Waals surface area contributed by atoms with Crippen LogP contribution in [0.5, 0.6) is 0 Å². The lowest BCUT2D eigenvalue weighted by molar-refractivity contribution is -0.118. The lowest BCUT2D eigenvalue weighted by atomic mass is 10.1. The van der Waals surface area contributed by atoms with Crippen LogP contribution < -0.4 is 11.1 Å². The molecule has 0 saturated carbocycles. The number of amides is 1. The van der Waals surface area contributed by atoms with Crippen LogP contribution in [0.25, 0.3) is 0 Å². The summed E-state index contributed by atoms with van der Waals surface area (Å²) in [6.45, 7) is 4.57. The summed E-state index contributed by atoms with van der Waals surface area (Å²) in [5, 5.41) is 2.90. The summed E-state index contributed by atoms with van der Waals surface area (Å²) in [7, 11) is 0. The highest BCUT2D eigenvalue weighted by Gasteiger charge is 2.09. The maximum atomic E-state index is 12.0. The third-order valence-electron chi connectivity index (χ3n) is 3.45. The molecule has 0 spiro atoms. The van der Waals surface area contributed by atoms with E-state index in [0.717, 1.165) is 10.5 Å². The molecule has 4 heteroatoms. The number of thioether (sulfide) groups is 1. The maximum absolute atomic E-state index is 12.0. The zero-order valence-electron chi connectivity index (χ0n) is 13.0. The van der Waals surface area contributed by atoms with Crippen LogP contribution in [0.2, 0.25) is 0 Å². The molecule has 0 aliphatic rings. The van der Waals surface area contributed by atoms with Gasteiger partial charge in [-0.05, 0) is 31.0 Å². The molecule has 3 nitrogen and oxygen atoms in total. The molecule has 0 fully saturated rings. The first-order chi connectivity index (χ1) is 10.6. The van der Waals surface area contributed by atoms with Crippen LogP contribution in [-0.4, -0.2) is 18.2 Å². The van der Waals surface area contributed by atoms with Crippen molar-refractivity contribution < 1.29 is 4.79 Å². The molecule has 2 rings (SSSR count). The quantitative estimate of drug-likeness (QED) is 0.805. The van der Waals surface area contributed by atoms with Gasteiger partial charge in [0, 0.05) is 17.5 Å². The fraction of sp³-hybridized carbons (Fsp3) is 0.278. The summed E-state index contributed by atoms with van der Waals surface area (Å²) in [5.74, 6) is 0.420. The van der Waals surface area contributed by atoms with E-state index in [4.69, 9.17) is 5.73 Å². The summed E-state index contributed by atoms with van der Waals surface area (Å²) < 4.78 is 0. The Morgan fingerprint density at radius 1 is 1.18 bits per heavy atom. The zero-order chi connectivity index (χ0) is 15.9. The predicted octanol–water partition coefficient (Wildman–Crippen LogP) is 3.21. The molecule has 0 heterocycles. The Balaban J connectivity index is 1.80. The molecule has 2 aromatic rings. The first kappa shape index (κ1) is 16.6. The molecule has 0 aliphatic heterocycles. The van der Waals surface area contributed by atoms with E-state index in [2.05, 4.69) is 37.4 Å². The zero-order valence-corrected chi connectivity index (χ0v) is 13.8. The number of nitrogens with one attached hydrogen (secondary N) is 1. The molecule has 0 aliphatic carbocycles. The summed E-state index contributed by atoms with van der Waals surface area (Å²) in [6.07, 6.45) is 0. The lowest BCUT2D eigenvalue weighted by Crippen LogP contribution is -2.32. The normalized spacial score (nSPS) is 12.0. The topological polar surface area (TPSA) is 55.1 Å². The number of benzene rings is 2. The Morgan fingerprint density at radius 3 is 2.64 bits per heavy atom. The minimum atomic E-state index is -0.171. The van der Waals surface area contributed by atoms with Gasteiger partial charge < -0.3 is 11.1 Å². The number of hydrogen-bond donors (Lipinski definition) is 2. The Kier molecular flexibility index (Phi) is 6.04. The Hall–Kier alpha value is -1.78. The number of carbonyl (C=O) groups is 1. The number of aryl methyl sites for hydroxylation is 2. The number of nitrogens with two attached hydrogens (primary N) is 1. The van der Waals surface area contributed by atoms with E-state index in [0.29, 0.717) is 12.3 Å². The van der Waals surface area contributed by atoms with Crippen molar-refractivity contribution in [3.8, 4) is 0 Å². The third kappa shape index (κ3) is 4.90. The van der Waals surface area contributed by atoms with Gasteiger partial charge in [0.15, 0.2) is 0 Å². The van der Waals surface area contributed by atoms with Gasteiger partial charge >= 0.3 is 0 Å². The Labute approximate surface area is 136 Å². The second-order valence-electron chi connectivity index (χ2n) is 5.38. The highest BCUT2D eigenvalue weighted by Crippen LogP contribution is 2.23. The van der Waals surface area contributed by atoms with Gasteiger partial charge in [0.2, 0.25) is 5.91 Å². The van der Waals surface area contributed by atoms with Crippen molar-refractivity contribution in [2.24, 2.45) is 5.73 Å². The number of carbonyl (C=O) groups excluding carboxylic acids is 1. The van der Waals surface area contributed by atoms with Crippen LogP contribution in [0, 0.1) is 13.8 Å². The molecule has 0 aromatic heterocycles. The maximum Gasteiger partial charge on any atom is 0.230 e. The molecule has 2 aromatic carbocycles. The van der Waals surface area contributed by atoms with Gasteiger partial charge in [-0.15, -0.1) is 11.8 Å². The summed E-state index contributed by atoms with van der Waals surface area (Å²) >= 11 is 1.56. The average molecular weight is 314 g/mol. The smallest absolute Gasteiger partial charge is 0.230 e. The highest BCUT2D eigenvalue weighted by molar-refractivity contribution is 8.00. The fourth-order valence-electron chi connectivity index (χ4n) is 2.10. The van der Waals surface area contributed by atoms with E-state index in [-0.39, 0.29) is 11.9 Å². The molecule has 0 saturated heterocycles. The molecule has 116 valence electrons. The van der Waals surface area contributed by atoms with Crippen LogP contribution in [0.3, 0.4) is 0 Å². The first-order valence-corrected chi connectivity index (χ1v) is 8.32. The Morgan fingerprint density at radius 2 is 1.91 bits per heavy atom. The minimum Gasteiger partial charge on any atom is -0.353 e. The number of hydrogen-bond acceptors (Lipinski definition) is 3. The van der Waals surface area contributed by atoms with Crippen LogP contribution in [-0.2, 0) is 4.79 Å². The molecule has 22 heavy (non-hydrogen) atoms. The van der Waals surface area contributed by atoms with E-state index in [9.17, 15) is 4.79 Å². The SMILES string of the molecule is Cc1ccc(C)c(SCC(=O)NCC(N)c2ccccc2)c1. The van der Waals surface area contributed by atoms with Crippen LogP contribution in [0.4, 0.5) is 0 Å². The minimum absolute atomic E-state index is 0.0114. The standard InChI is InChI=1S/C18H22N2OS/c1-13-8-9-14(2)17(10-13)22-12-18(21)20-11-16(19)15-6-4-3-5-7-15/h3-10,16H,11-12,19H2,1-2H3,(H,20,21). The van der Waals surface area contributed by atoms with E-state index in [1.807, 2.05) is 30.3 Å². The van der Waals surface area contributed by atoms with E-state index in [1.54, 1.807) is 11.8 Å². The van der Waals surface area contributed by atoms with Crippen LogP contribution in [0.15, 0.2) is 53.4 Å². The average Bonchev–Trinajstić information content (AvgIpc) is 2.54. The van der Waals surface area contributed by atoms with Crippen LogP contribution in [0.1, 0.15) is 22.7 Å². The van der Waals surface area contributed by atoms with Crippen molar-refractivity contribution >= 4 is 17.7 Å². The van der Waals surface area contributed by atoms with Gasteiger partial charge in [0.1, 0.15) is 0 Å². The monoisotopic (exact) mass is 314 g/mol. The van der Waals surface area contributed by atoms with Gasteiger partial charge in [-0.3, -0.25) is 4.79 Å². The van der Waals surface area contributed by atoms with Crippen molar-refractivity contribution in [3.05, 3.63) is 65.2 Å². The molecule has 3 N–H and O–H groups in total. The van der Waals surface area contributed by atoms with Crippen molar-refractivity contribution in [2.45, 2.75) is 24.8 Å². The molecule has 1 atom stereocenters. The second-order valence-corrected chi connectivity index (χ2v) is 6.40. The first-order valence-electron chi connectivity index (χ1n) is 7.33. The summed E-state index contributed by atoms with van der Waals surface area (Å²) in [6, 6.07) is 15.9. The molecule has 1 amide bonds. The van der Waals surface area contributed by atoms with Gasteiger partial charge in [-0.25, -0.2) is 0 Å². The molecule has 1 unspecified atom stereocenters. The highest BCUT2D eigenvalue weighted by atomic mass is 32.2. The summed E-state index contributed by atoms with van der Waals surface area (Å²) in [4.78, 5) is 13.1. The van der Waals surface area contributed by atoms with E-state index < -0.39 is 0 Å². The second kappa shape index (κ2) is 8.01. The molecular weight excluding hydrogens is 292 g/mol. The molecule has 0 radical (unpaired) electrons.